The topological polar surface area (TPSA) is 68.2 Å². The fourth-order valence-electron chi connectivity index (χ4n) is 1.84. The Morgan fingerprint density at radius 1 is 0.579 bits per heavy atom. The van der Waals surface area contributed by atoms with Crippen LogP contribution in [0.5, 0.6) is 0 Å². The van der Waals surface area contributed by atoms with Crippen LogP contribution in [0.25, 0.3) is 0 Å². The molecule has 0 aliphatic carbocycles. The summed E-state index contributed by atoms with van der Waals surface area (Å²) in [5.74, 6) is 0. The second-order valence-electron chi connectivity index (χ2n) is 6.00. The molecule has 0 aromatic rings. The molecule has 0 atom stereocenters. The minimum atomic E-state index is -2.60. The summed E-state index contributed by atoms with van der Waals surface area (Å²) in [4.78, 5) is 19.6. The van der Waals surface area contributed by atoms with Crippen LogP contribution >= 0.6 is 0 Å². The van der Waals surface area contributed by atoms with E-state index in [-0.39, 0.29) is 40.1 Å². The van der Waals surface area contributed by atoms with Gasteiger partial charge in [-0.25, -0.2) is 0 Å². The molecule has 0 saturated carbocycles. The van der Waals surface area contributed by atoms with Gasteiger partial charge in [-0.05, 0) is 52.4 Å². The molecule has 0 aliphatic rings. The van der Waals surface area contributed by atoms with Gasteiger partial charge in [0.1, 0.15) is 0 Å². The first-order valence-electron chi connectivity index (χ1n) is 5.67. The Morgan fingerprint density at radius 3 is 0.947 bits per heavy atom. The Labute approximate surface area is 147 Å². The van der Waals surface area contributed by atoms with E-state index in [1.54, 1.807) is 26.2 Å². The van der Waals surface area contributed by atoms with Crippen molar-refractivity contribution in [2.24, 2.45) is 0 Å². The van der Waals surface area contributed by atoms with Gasteiger partial charge in [-0.15, -0.1) is 0 Å². The second kappa shape index (κ2) is 8.42. The summed E-state index contributed by atoms with van der Waals surface area (Å²) in [6, 6.07) is 0. The van der Waals surface area contributed by atoms with Crippen molar-refractivity contribution in [2.45, 2.75) is 59.8 Å². The minimum absolute atomic E-state index is 0. The molecule has 0 heterocycles. The molecule has 1 radical (unpaired) electrons. The van der Waals surface area contributed by atoms with Crippen LogP contribution in [0.1, 0.15) is 7.43 Å². The summed E-state index contributed by atoms with van der Waals surface area (Å²) in [6.07, 6.45) is 0. The van der Waals surface area contributed by atoms with Crippen LogP contribution in [-0.2, 0) is 45.1 Å². The van der Waals surface area contributed by atoms with Gasteiger partial charge in [0.05, 0.1) is 0 Å². The van der Waals surface area contributed by atoms with Gasteiger partial charge >= 0.3 is 34.2 Å². The normalized spacial score (nSPS) is 13.6. The first kappa shape index (κ1) is 25.7. The van der Waals surface area contributed by atoms with Gasteiger partial charge in [0.2, 0.25) is 0 Å². The first-order chi connectivity index (χ1) is 7.12. The maximum atomic E-state index is 9.79. The summed E-state index contributed by atoms with van der Waals surface area (Å²) < 4.78 is 17.3. The third-order valence-electron chi connectivity index (χ3n) is 1.48. The Balaban J connectivity index is -0.00000128. The molecule has 0 aromatic carbocycles. The van der Waals surface area contributed by atoms with Crippen LogP contribution in [0.15, 0.2) is 0 Å². The van der Waals surface area contributed by atoms with Crippen molar-refractivity contribution in [2.75, 3.05) is 0 Å². The zero-order valence-corrected chi connectivity index (χ0v) is 19.5. The van der Waals surface area contributed by atoms with Crippen LogP contribution in [-0.4, -0.2) is 43.8 Å². The quantitative estimate of drug-likeness (QED) is 0.648. The largest absolute Gasteiger partial charge is 0.416 e. The second-order valence-corrected chi connectivity index (χ2v) is 19.8. The monoisotopic (exact) mass is 419 g/mol. The maximum absolute atomic E-state index is 9.79. The third kappa shape index (κ3) is 16.0. The van der Waals surface area contributed by atoms with Crippen LogP contribution in [0.2, 0.25) is 52.4 Å². The molecular formula is C9H30O5Si4Y. The SMILES string of the molecule is C.C[Si](C)(O)O[Si](C)(C)O[Si](C)(C)O[Si](C)(C)O.[Y]. The molecule has 115 valence electrons. The molecule has 0 saturated heterocycles. The standard InChI is InChI=1S/C8H26O5Si4.CH4.Y/c1-14(2,9)11-16(5,6)13-17(7,8)12-15(3,4)10;;/h9-10H,1-8H3;1H4;. The smallest absolute Gasteiger partial charge is 0.320 e. The van der Waals surface area contributed by atoms with Crippen LogP contribution in [0, 0.1) is 0 Å². The van der Waals surface area contributed by atoms with Crippen molar-refractivity contribution in [3.05, 3.63) is 0 Å². The predicted molar refractivity (Wildman–Crippen MR) is 84.4 cm³/mol. The summed E-state index contributed by atoms with van der Waals surface area (Å²) in [5, 5.41) is 0. The molecule has 0 amide bonds. The molecule has 19 heavy (non-hydrogen) atoms. The van der Waals surface area contributed by atoms with Gasteiger partial charge < -0.3 is 21.9 Å². The molecule has 0 aromatic heterocycles. The van der Waals surface area contributed by atoms with Gasteiger partial charge in [-0.1, -0.05) is 7.43 Å². The van der Waals surface area contributed by atoms with Crippen molar-refractivity contribution in [3.63, 3.8) is 0 Å². The van der Waals surface area contributed by atoms with E-state index in [1.807, 2.05) is 26.2 Å². The van der Waals surface area contributed by atoms with Crippen molar-refractivity contribution in [1.29, 1.82) is 0 Å². The molecule has 0 rings (SSSR count). The molecule has 0 fully saturated rings. The molecule has 10 heteroatoms. The van der Waals surface area contributed by atoms with E-state index in [4.69, 9.17) is 12.3 Å². The summed E-state index contributed by atoms with van der Waals surface area (Å²) >= 11 is 0. The molecule has 0 aliphatic heterocycles. The average Bonchev–Trinajstić information content (AvgIpc) is 1.65. The van der Waals surface area contributed by atoms with E-state index in [2.05, 4.69) is 0 Å². The fraction of sp³-hybridized carbons (Fsp3) is 1.00. The molecule has 2 N–H and O–H groups in total. The third-order valence-corrected chi connectivity index (χ3v) is 13.3. The zero-order valence-electron chi connectivity index (χ0n) is 12.7. The molecular weight excluding hydrogens is 389 g/mol. The number of rotatable bonds is 6. The van der Waals surface area contributed by atoms with E-state index in [0.717, 1.165) is 0 Å². The summed E-state index contributed by atoms with van der Waals surface area (Å²) in [5.41, 5.74) is 0. The molecule has 0 spiro atoms. The molecule has 0 unspecified atom stereocenters. The Morgan fingerprint density at radius 2 is 0.789 bits per heavy atom. The van der Waals surface area contributed by atoms with Gasteiger partial charge in [0.25, 0.3) is 0 Å². The van der Waals surface area contributed by atoms with Gasteiger partial charge in [0, 0.05) is 32.7 Å². The van der Waals surface area contributed by atoms with Gasteiger partial charge in [0.15, 0.2) is 0 Å². The van der Waals surface area contributed by atoms with Crippen LogP contribution < -0.4 is 0 Å². The number of hydrogen-bond donors (Lipinski definition) is 2. The zero-order chi connectivity index (χ0) is 14.1. The van der Waals surface area contributed by atoms with Gasteiger partial charge in [-0.2, -0.15) is 0 Å². The maximum Gasteiger partial charge on any atom is 0.320 e. The average molecular weight is 420 g/mol. The van der Waals surface area contributed by atoms with Gasteiger partial charge in [-0.3, -0.25) is 0 Å². The Hall–Kier alpha value is 1.77. The summed E-state index contributed by atoms with van der Waals surface area (Å²) in [7, 11) is -10.0. The first-order valence-corrected chi connectivity index (χ1v) is 17.0. The van der Waals surface area contributed by atoms with E-state index in [9.17, 15) is 9.59 Å². The van der Waals surface area contributed by atoms with Crippen LogP contribution in [0.4, 0.5) is 0 Å². The number of hydrogen-bond acceptors (Lipinski definition) is 5. The van der Waals surface area contributed by atoms with Crippen molar-refractivity contribution in [3.8, 4) is 0 Å². The van der Waals surface area contributed by atoms with E-state index in [0.29, 0.717) is 0 Å². The summed E-state index contributed by atoms with van der Waals surface area (Å²) in [6.45, 7) is 14.4. The Bertz CT molecular complexity index is 236. The Kier molecular flexibility index (Phi) is 11.4. The van der Waals surface area contributed by atoms with Crippen molar-refractivity contribution >= 4 is 34.2 Å². The van der Waals surface area contributed by atoms with Crippen LogP contribution in [0.3, 0.4) is 0 Å². The predicted octanol–water partition coefficient (Wildman–Crippen LogP) is 2.46. The van der Waals surface area contributed by atoms with Crippen molar-refractivity contribution in [1.82, 2.24) is 0 Å². The van der Waals surface area contributed by atoms with E-state index < -0.39 is 34.2 Å². The van der Waals surface area contributed by atoms with E-state index >= 15 is 0 Å². The molecule has 5 nitrogen and oxygen atoms in total. The molecule has 0 bridgehead atoms. The van der Waals surface area contributed by atoms with Crippen molar-refractivity contribution < 1.29 is 54.6 Å². The minimum Gasteiger partial charge on any atom is -0.416 e. The fourth-order valence-corrected chi connectivity index (χ4v) is 17.3. The van der Waals surface area contributed by atoms with E-state index in [1.165, 1.54) is 0 Å².